The molecule has 0 unspecified atom stereocenters. The van der Waals surface area contributed by atoms with Gasteiger partial charge in [0.1, 0.15) is 23.8 Å². The SMILES string of the molecule is CN(C)CCOc1ccc(-c2c(C3CCCCC3)c3sc(C(=O)O)cc3n2CC(=O)N(C)C)cc1. The fourth-order valence-corrected chi connectivity index (χ4v) is 5.96. The average Bonchev–Trinajstić information content (AvgIpc) is 3.38. The van der Waals surface area contributed by atoms with Crippen LogP contribution in [-0.4, -0.2) is 72.7 Å². The van der Waals surface area contributed by atoms with E-state index in [-0.39, 0.29) is 12.5 Å². The van der Waals surface area contributed by atoms with Crippen LogP contribution in [0.2, 0.25) is 0 Å². The van der Waals surface area contributed by atoms with E-state index in [4.69, 9.17) is 4.74 Å². The van der Waals surface area contributed by atoms with Crippen LogP contribution in [0.25, 0.3) is 21.5 Å². The minimum absolute atomic E-state index is 0.0231. The van der Waals surface area contributed by atoms with Crippen LogP contribution in [0.3, 0.4) is 0 Å². The van der Waals surface area contributed by atoms with Gasteiger partial charge in [-0.15, -0.1) is 11.3 Å². The number of aromatic carboxylic acids is 1. The summed E-state index contributed by atoms with van der Waals surface area (Å²) < 4.78 is 8.93. The summed E-state index contributed by atoms with van der Waals surface area (Å²) in [6, 6.07) is 9.82. The van der Waals surface area contributed by atoms with Crippen molar-refractivity contribution in [2.75, 3.05) is 41.3 Å². The molecule has 0 bridgehead atoms. The van der Waals surface area contributed by atoms with Gasteiger partial charge in [-0.05, 0) is 74.3 Å². The molecule has 35 heavy (non-hydrogen) atoms. The normalized spacial score (nSPS) is 14.5. The quantitative estimate of drug-likeness (QED) is 0.443. The number of hydrogen-bond donors (Lipinski definition) is 1. The highest BCUT2D eigenvalue weighted by Gasteiger charge is 2.29. The van der Waals surface area contributed by atoms with Gasteiger partial charge in [-0.3, -0.25) is 4.79 Å². The topological polar surface area (TPSA) is 75.0 Å². The molecule has 1 aliphatic rings. The Kier molecular flexibility index (Phi) is 7.82. The second-order valence-corrected chi connectivity index (χ2v) is 10.8. The van der Waals surface area contributed by atoms with Crippen molar-refractivity contribution in [2.45, 2.75) is 44.6 Å². The van der Waals surface area contributed by atoms with Gasteiger partial charge in [0.15, 0.2) is 0 Å². The molecule has 0 radical (unpaired) electrons. The van der Waals surface area contributed by atoms with E-state index in [1.54, 1.807) is 25.1 Å². The number of ether oxygens (including phenoxy) is 1. The molecule has 1 saturated carbocycles. The molecule has 0 atom stereocenters. The van der Waals surface area contributed by atoms with Gasteiger partial charge in [0.05, 0.1) is 15.9 Å². The van der Waals surface area contributed by atoms with Gasteiger partial charge in [0.25, 0.3) is 0 Å². The summed E-state index contributed by atoms with van der Waals surface area (Å²) in [5.74, 6) is 0.220. The van der Waals surface area contributed by atoms with E-state index < -0.39 is 5.97 Å². The predicted molar refractivity (Wildman–Crippen MR) is 141 cm³/mol. The summed E-state index contributed by atoms with van der Waals surface area (Å²) in [6.45, 7) is 1.62. The second-order valence-electron chi connectivity index (χ2n) is 9.78. The standard InChI is InChI=1S/C27H35N3O4S/c1-28(2)14-15-34-20-12-10-19(11-13-20)25-24(18-8-6-5-7-9-18)26-21(16-22(35-26)27(32)33)30(25)17-23(31)29(3)4/h10-13,16,18H,5-9,14-15,17H2,1-4H3,(H,32,33). The first-order chi connectivity index (χ1) is 16.8. The lowest BCUT2D eigenvalue weighted by molar-refractivity contribution is -0.129. The minimum atomic E-state index is -0.924. The zero-order valence-electron chi connectivity index (χ0n) is 21.0. The first-order valence-electron chi connectivity index (χ1n) is 12.2. The Bertz CT molecular complexity index is 1190. The Balaban J connectivity index is 1.84. The van der Waals surface area contributed by atoms with Gasteiger partial charge in [-0.2, -0.15) is 0 Å². The van der Waals surface area contributed by atoms with E-state index in [1.807, 2.05) is 30.8 Å². The van der Waals surface area contributed by atoms with Crippen LogP contribution in [0.15, 0.2) is 30.3 Å². The predicted octanol–water partition coefficient (Wildman–Crippen LogP) is 5.14. The fraction of sp³-hybridized carbons (Fsp3) is 0.481. The molecule has 0 aliphatic heterocycles. The Morgan fingerprint density at radius 1 is 1.09 bits per heavy atom. The highest BCUT2D eigenvalue weighted by molar-refractivity contribution is 7.21. The lowest BCUT2D eigenvalue weighted by atomic mass is 9.83. The maximum atomic E-state index is 12.9. The van der Waals surface area contributed by atoms with E-state index in [2.05, 4.69) is 17.0 Å². The lowest BCUT2D eigenvalue weighted by Crippen LogP contribution is -2.26. The lowest BCUT2D eigenvalue weighted by Gasteiger charge is -2.24. The molecular formula is C27H35N3O4S. The van der Waals surface area contributed by atoms with E-state index >= 15 is 0 Å². The third-order valence-electron chi connectivity index (χ3n) is 6.72. The number of rotatable bonds is 9. The smallest absolute Gasteiger partial charge is 0.345 e. The first-order valence-corrected chi connectivity index (χ1v) is 13.0. The summed E-state index contributed by atoms with van der Waals surface area (Å²) >= 11 is 1.33. The van der Waals surface area contributed by atoms with Crippen molar-refractivity contribution in [3.05, 3.63) is 40.8 Å². The molecule has 1 amide bonds. The van der Waals surface area contributed by atoms with Crippen LogP contribution in [0.4, 0.5) is 0 Å². The Morgan fingerprint density at radius 3 is 2.37 bits per heavy atom. The van der Waals surface area contributed by atoms with E-state index in [0.717, 1.165) is 46.6 Å². The molecular weight excluding hydrogens is 462 g/mol. The monoisotopic (exact) mass is 497 g/mol. The minimum Gasteiger partial charge on any atom is -0.492 e. The molecule has 0 spiro atoms. The Hall–Kier alpha value is -2.84. The van der Waals surface area contributed by atoms with Crippen LogP contribution >= 0.6 is 11.3 Å². The average molecular weight is 498 g/mol. The van der Waals surface area contributed by atoms with Crippen LogP contribution in [0, 0.1) is 0 Å². The maximum absolute atomic E-state index is 12.9. The van der Waals surface area contributed by atoms with Crippen molar-refractivity contribution in [2.24, 2.45) is 0 Å². The van der Waals surface area contributed by atoms with E-state index in [1.165, 1.54) is 36.2 Å². The molecule has 1 aromatic carbocycles. The first kappa shape index (κ1) is 25.3. The van der Waals surface area contributed by atoms with Crippen LogP contribution < -0.4 is 4.74 Å². The van der Waals surface area contributed by atoms with Crippen molar-refractivity contribution in [1.82, 2.24) is 14.4 Å². The number of nitrogens with zero attached hydrogens (tertiary/aromatic N) is 3. The molecule has 2 aromatic heterocycles. The molecule has 1 fully saturated rings. The number of thiophene rings is 1. The zero-order chi connectivity index (χ0) is 25.1. The number of fused-ring (bicyclic) bond motifs is 1. The van der Waals surface area contributed by atoms with Crippen molar-refractivity contribution in [3.63, 3.8) is 0 Å². The number of carbonyl (C=O) groups excluding carboxylic acids is 1. The largest absolute Gasteiger partial charge is 0.492 e. The van der Waals surface area contributed by atoms with Crippen molar-refractivity contribution in [3.8, 4) is 17.0 Å². The van der Waals surface area contributed by atoms with Crippen LogP contribution in [0.1, 0.15) is 53.3 Å². The number of likely N-dealkylation sites (N-methyl/N-ethyl adjacent to an activating group) is 2. The van der Waals surface area contributed by atoms with Gasteiger partial charge >= 0.3 is 5.97 Å². The molecule has 188 valence electrons. The van der Waals surface area contributed by atoms with Gasteiger partial charge in [-0.25, -0.2) is 4.79 Å². The number of carboxylic acid groups (broad SMARTS) is 1. The number of amides is 1. The summed E-state index contributed by atoms with van der Waals surface area (Å²) in [5.41, 5.74) is 4.09. The molecule has 3 aromatic rings. The number of carbonyl (C=O) groups is 2. The number of benzene rings is 1. The number of aromatic nitrogens is 1. The number of carboxylic acids is 1. The fourth-order valence-electron chi connectivity index (χ4n) is 4.83. The van der Waals surface area contributed by atoms with E-state index in [9.17, 15) is 14.7 Å². The molecule has 2 heterocycles. The molecule has 1 N–H and O–H groups in total. The Morgan fingerprint density at radius 2 is 1.77 bits per heavy atom. The maximum Gasteiger partial charge on any atom is 0.345 e. The third kappa shape index (κ3) is 5.54. The summed E-state index contributed by atoms with van der Waals surface area (Å²) in [6.07, 6.45) is 5.74. The van der Waals surface area contributed by atoms with Gasteiger partial charge in [-0.1, -0.05) is 19.3 Å². The van der Waals surface area contributed by atoms with Gasteiger partial charge < -0.3 is 24.2 Å². The highest BCUT2D eigenvalue weighted by Crippen LogP contribution is 2.47. The highest BCUT2D eigenvalue weighted by atomic mass is 32.1. The zero-order valence-corrected chi connectivity index (χ0v) is 21.9. The third-order valence-corrected chi connectivity index (χ3v) is 7.87. The van der Waals surface area contributed by atoms with Gasteiger partial charge in [0, 0.05) is 20.6 Å². The molecule has 7 nitrogen and oxygen atoms in total. The van der Waals surface area contributed by atoms with Crippen LogP contribution in [-0.2, 0) is 11.3 Å². The summed E-state index contributed by atoms with van der Waals surface area (Å²) in [7, 11) is 7.54. The van der Waals surface area contributed by atoms with Gasteiger partial charge in [0.2, 0.25) is 5.91 Å². The molecule has 8 heteroatoms. The second kappa shape index (κ2) is 10.8. The number of hydrogen-bond acceptors (Lipinski definition) is 5. The molecule has 1 aliphatic carbocycles. The Labute approximate surface area is 210 Å². The van der Waals surface area contributed by atoms with E-state index in [0.29, 0.717) is 17.4 Å². The molecule has 0 saturated heterocycles. The van der Waals surface area contributed by atoms with Crippen molar-refractivity contribution in [1.29, 1.82) is 0 Å². The molecule has 4 rings (SSSR count). The summed E-state index contributed by atoms with van der Waals surface area (Å²) in [4.78, 5) is 28.7. The van der Waals surface area contributed by atoms with Crippen LogP contribution in [0.5, 0.6) is 5.75 Å². The van der Waals surface area contributed by atoms with Crippen molar-refractivity contribution < 1.29 is 19.4 Å². The summed E-state index contributed by atoms with van der Waals surface area (Å²) in [5, 5.41) is 9.70. The van der Waals surface area contributed by atoms with Crippen molar-refractivity contribution >= 4 is 33.4 Å².